The zero-order valence-corrected chi connectivity index (χ0v) is 23.5. The minimum atomic E-state index is -1.22. The van der Waals surface area contributed by atoms with Crippen LogP contribution in [-0.2, 0) is 32.0 Å². The highest BCUT2D eigenvalue weighted by Gasteiger charge is 2.31. The number of aliphatic carboxylic acids is 1. The van der Waals surface area contributed by atoms with Crippen LogP contribution in [0.2, 0.25) is 0 Å². The molecule has 0 fully saturated rings. The fraction of sp³-hybridized carbons (Fsp3) is 0.448. The lowest BCUT2D eigenvalue weighted by Gasteiger charge is -2.25. The van der Waals surface area contributed by atoms with Crippen molar-refractivity contribution in [3.63, 3.8) is 0 Å². The number of hydrogen-bond acceptors (Lipinski definition) is 9. The second kappa shape index (κ2) is 15.1. The lowest BCUT2D eigenvalue weighted by Crippen LogP contribution is -2.57. The molecule has 4 atom stereocenters. The Morgan fingerprint density at radius 3 is 2.26 bits per heavy atom. The maximum atomic E-state index is 13.5. The number of nitrogens with one attached hydrogen (secondary N) is 3. The van der Waals surface area contributed by atoms with E-state index in [9.17, 15) is 29.4 Å². The number of carbonyl (C=O) groups is 4. The third-order valence-electron chi connectivity index (χ3n) is 7.28. The molecule has 1 aliphatic heterocycles. The van der Waals surface area contributed by atoms with Gasteiger partial charge in [0.05, 0.1) is 6.04 Å². The number of phenols is 1. The number of nitrogen functional groups attached to an aromatic ring is 1. The number of carboxylic acid groups (broad SMARTS) is 1. The topological polar surface area (TPSA) is 249 Å². The smallest absolute Gasteiger partial charge is 0.326 e. The third-order valence-corrected chi connectivity index (χ3v) is 7.28. The van der Waals surface area contributed by atoms with Crippen molar-refractivity contribution in [1.82, 2.24) is 16.0 Å². The standard InChI is InChI=1S/C29H41N7O6/c30-10-2-1-4-23(29(41)42)35-28(40)24-15-18-12-16(6-8-20(18)32)17-7-9-25(37)19(13-17)14-21(33)26(38)34-22(5-3-11-31)27(39)36-24/h6-9,12-13,21-24,37H,1-5,10-11,14-15,30-33H2,(H,34,38)(H,35,40)(H,36,39)(H,41,42)/t21-,22-,23-,24-/m0/s1. The minimum Gasteiger partial charge on any atom is -0.508 e. The Balaban J connectivity index is 2.05. The Morgan fingerprint density at radius 1 is 0.929 bits per heavy atom. The fourth-order valence-corrected chi connectivity index (χ4v) is 4.81. The minimum absolute atomic E-state index is 0.00429. The largest absolute Gasteiger partial charge is 0.508 e. The summed E-state index contributed by atoms with van der Waals surface area (Å²) in [5.41, 5.74) is 26.4. The number of benzene rings is 2. The molecule has 1 aliphatic rings. The summed E-state index contributed by atoms with van der Waals surface area (Å²) in [7, 11) is 0. The van der Waals surface area contributed by atoms with Crippen LogP contribution < -0.4 is 38.9 Å². The number of anilines is 1. The fourth-order valence-electron chi connectivity index (χ4n) is 4.81. The van der Waals surface area contributed by atoms with Gasteiger partial charge in [-0.25, -0.2) is 4.79 Å². The number of carboxylic acids is 1. The molecule has 0 unspecified atom stereocenters. The van der Waals surface area contributed by atoms with E-state index in [1.54, 1.807) is 30.3 Å². The number of aromatic hydroxyl groups is 1. The third kappa shape index (κ3) is 8.65. The molecule has 0 saturated carbocycles. The van der Waals surface area contributed by atoms with E-state index in [1.165, 1.54) is 6.07 Å². The van der Waals surface area contributed by atoms with E-state index >= 15 is 0 Å². The molecule has 4 bridgehead atoms. The molecule has 13 N–H and O–H groups in total. The molecule has 0 spiro atoms. The SMILES string of the molecule is NCCCC[C@H](NC(=O)[C@@H]1Cc2cc(ccc2N)-c2ccc(O)c(c2)C[C@H](N)C(=O)N[C@@H](CCCN)C(=O)N1)C(=O)O. The van der Waals surface area contributed by atoms with Gasteiger partial charge in [-0.2, -0.15) is 0 Å². The van der Waals surface area contributed by atoms with E-state index in [0.717, 1.165) is 0 Å². The van der Waals surface area contributed by atoms with E-state index in [1.807, 2.05) is 0 Å². The van der Waals surface area contributed by atoms with Crippen molar-refractivity contribution in [2.45, 2.75) is 69.1 Å². The predicted molar refractivity (Wildman–Crippen MR) is 158 cm³/mol. The van der Waals surface area contributed by atoms with Gasteiger partial charge in [0.2, 0.25) is 17.7 Å². The van der Waals surface area contributed by atoms with Gasteiger partial charge in [0.1, 0.15) is 23.9 Å². The van der Waals surface area contributed by atoms with Crippen molar-refractivity contribution in [3.05, 3.63) is 47.5 Å². The number of unbranched alkanes of at least 4 members (excludes halogenated alkanes) is 1. The first-order valence-electron chi connectivity index (χ1n) is 14.0. The Hall–Kier alpha value is -4.20. The van der Waals surface area contributed by atoms with Gasteiger partial charge in [-0.15, -0.1) is 0 Å². The van der Waals surface area contributed by atoms with Gasteiger partial charge in [0.15, 0.2) is 0 Å². The monoisotopic (exact) mass is 583 g/mol. The van der Waals surface area contributed by atoms with Crippen molar-refractivity contribution in [3.8, 4) is 16.9 Å². The molecule has 0 aromatic heterocycles. The molecule has 1 heterocycles. The lowest BCUT2D eigenvalue weighted by molar-refractivity contribution is -0.142. The van der Waals surface area contributed by atoms with Crippen LogP contribution in [0.15, 0.2) is 36.4 Å². The summed E-state index contributed by atoms with van der Waals surface area (Å²) in [6.07, 6.45) is 1.75. The van der Waals surface area contributed by atoms with Crippen LogP contribution in [0.1, 0.15) is 43.2 Å². The van der Waals surface area contributed by atoms with Crippen LogP contribution in [0.4, 0.5) is 5.69 Å². The second-order valence-corrected chi connectivity index (χ2v) is 10.5. The predicted octanol–water partition coefficient (Wildman–Crippen LogP) is -0.526. The van der Waals surface area contributed by atoms with Crippen molar-refractivity contribution >= 4 is 29.4 Å². The van der Waals surface area contributed by atoms with Gasteiger partial charge in [-0.1, -0.05) is 12.1 Å². The van der Waals surface area contributed by atoms with Crippen molar-refractivity contribution in [2.75, 3.05) is 18.8 Å². The highest BCUT2D eigenvalue weighted by molar-refractivity contribution is 5.94. The highest BCUT2D eigenvalue weighted by atomic mass is 16.4. The van der Waals surface area contributed by atoms with Crippen LogP contribution in [0.3, 0.4) is 0 Å². The molecule has 42 heavy (non-hydrogen) atoms. The van der Waals surface area contributed by atoms with E-state index in [0.29, 0.717) is 53.7 Å². The number of rotatable bonds is 10. The first-order valence-corrected chi connectivity index (χ1v) is 14.0. The lowest BCUT2D eigenvalue weighted by atomic mass is 9.95. The number of hydrogen-bond donors (Lipinski definition) is 9. The van der Waals surface area contributed by atoms with Crippen LogP contribution >= 0.6 is 0 Å². The summed E-state index contributed by atoms with van der Waals surface area (Å²) >= 11 is 0. The van der Waals surface area contributed by atoms with Gasteiger partial charge < -0.3 is 49.1 Å². The summed E-state index contributed by atoms with van der Waals surface area (Å²) in [6.45, 7) is 0.638. The van der Waals surface area contributed by atoms with Crippen LogP contribution in [-0.4, -0.2) is 71.2 Å². The average Bonchev–Trinajstić information content (AvgIpc) is 2.95. The Labute approximate surface area is 244 Å². The second-order valence-electron chi connectivity index (χ2n) is 10.5. The van der Waals surface area contributed by atoms with Crippen LogP contribution in [0, 0.1) is 0 Å². The first-order chi connectivity index (χ1) is 20.0. The molecular formula is C29H41N7O6. The van der Waals surface area contributed by atoms with Crippen molar-refractivity contribution < 1.29 is 29.4 Å². The Bertz CT molecular complexity index is 1290. The molecule has 13 heteroatoms. The summed E-state index contributed by atoms with van der Waals surface area (Å²) in [6, 6.07) is 5.55. The molecule has 2 aromatic rings. The van der Waals surface area contributed by atoms with E-state index in [4.69, 9.17) is 22.9 Å². The van der Waals surface area contributed by atoms with Gasteiger partial charge in [-0.05, 0) is 91.7 Å². The van der Waals surface area contributed by atoms with Crippen molar-refractivity contribution in [1.29, 1.82) is 0 Å². The molecule has 3 amide bonds. The van der Waals surface area contributed by atoms with Crippen LogP contribution in [0.5, 0.6) is 5.75 Å². The van der Waals surface area contributed by atoms with Gasteiger partial charge in [0.25, 0.3) is 0 Å². The molecule has 0 saturated heterocycles. The molecule has 0 radical (unpaired) electrons. The van der Waals surface area contributed by atoms with E-state index in [2.05, 4.69) is 16.0 Å². The van der Waals surface area contributed by atoms with Crippen molar-refractivity contribution in [2.24, 2.45) is 17.2 Å². The molecule has 13 nitrogen and oxygen atoms in total. The average molecular weight is 584 g/mol. The number of phenolic OH excluding ortho intramolecular Hbond substituents is 1. The summed E-state index contributed by atoms with van der Waals surface area (Å²) in [5.74, 6) is -3.24. The molecule has 3 rings (SSSR count). The molecule has 228 valence electrons. The molecular weight excluding hydrogens is 542 g/mol. The number of nitrogens with two attached hydrogens (primary N) is 4. The Morgan fingerprint density at radius 2 is 1.60 bits per heavy atom. The highest BCUT2D eigenvalue weighted by Crippen LogP contribution is 2.29. The zero-order chi connectivity index (χ0) is 30.8. The Kier molecular flexibility index (Phi) is 11.7. The normalized spacial score (nSPS) is 19.9. The zero-order valence-electron chi connectivity index (χ0n) is 23.5. The molecule has 2 aromatic carbocycles. The first kappa shape index (κ1) is 32.3. The maximum Gasteiger partial charge on any atom is 0.326 e. The van der Waals surface area contributed by atoms with E-state index < -0.39 is 47.9 Å². The van der Waals surface area contributed by atoms with Crippen LogP contribution in [0.25, 0.3) is 11.1 Å². The summed E-state index contributed by atoms with van der Waals surface area (Å²) < 4.78 is 0. The summed E-state index contributed by atoms with van der Waals surface area (Å²) in [4.78, 5) is 51.9. The van der Waals surface area contributed by atoms with Gasteiger partial charge >= 0.3 is 5.97 Å². The number of carbonyl (C=O) groups excluding carboxylic acids is 3. The molecule has 0 aliphatic carbocycles. The van der Waals surface area contributed by atoms with E-state index in [-0.39, 0.29) is 38.0 Å². The quantitative estimate of drug-likeness (QED) is 0.128. The number of fused-ring (bicyclic) bond motifs is 5. The number of amides is 3. The van der Waals surface area contributed by atoms with Gasteiger partial charge in [-0.3, -0.25) is 14.4 Å². The maximum absolute atomic E-state index is 13.5. The summed E-state index contributed by atoms with van der Waals surface area (Å²) in [5, 5.41) is 28.0. The van der Waals surface area contributed by atoms with Gasteiger partial charge in [0, 0.05) is 18.5 Å².